The van der Waals surface area contributed by atoms with Crippen LogP contribution < -0.4 is 5.73 Å². The molecule has 0 spiro atoms. The van der Waals surface area contributed by atoms with Gasteiger partial charge in [-0.2, -0.15) is 0 Å². The van der Waals surface area contributed by atoms with Gasteiger partial charge in [-0.1, -0.05) is 37.6 Å². The average Bonchev–Trinajstić information content (AvgIpc) is 2.78. The third-order valence-corrected chi connectivity index (χ3v) is 4.39. The van der Waals surface area contributed by atoms with Gasteiger partial charge in [0.15, 0.2) is 0 Å². The summed E-state index contributed by atoms with van der Waals surface area (Å²) in [5.74, 6) is 0.669. The molecule has 1 saturated heterocycles. The maximum Gasteiger partial charge on any atom is 0.0500 e. The van der Waals surface area contributed by atoms with Crippen molar-refractivity contribution in [2.45, 2.75) is 51.7 Å². The number of nitrogens with two attached hydrogens (primary N) is 1. The molecule has 3 unspecified atom stereocenters. The first-order valence-corrected chi connectivity index (χ1v) is 7.65. The predicted molar refractivity (Wildman–Crippen MR) is 82.4 cm³/mol. The molecule has 2 rings (SSSR count). The zero-order valence-electron chi connectivity index (χ0n) is 12.1. The van der Waals surface area contributed by atoms with Gasteiger partial charge in [-0.3, -0.25) is 4.90 Å². The molecule has 0 radical (unpaired) electrons. The molecule has 2 nitrogen and oxygen atoms in total. The van der Waals surface area contributed by atoms with Gasteiger partial charge < -0.3 is 5.73 Å². The second kappa shape index (κ2) is 6.25. The number of benzene rings is 1. The van der Waals surface area contributed by atoms with Crippen LogP contribution in [0.4, 0.5) is 0 Å². The smallest absolute Gasteiger partial charge is 0.0500 e. The molecular formula is C16H25ClN2. The van der Waals surface area contributed by atoms with E-state index in [1.807, 2.05) is 12.1 Å². The van der Waals surface area contributed by atoms with Crippen LogP contribution >= 0.6 is 11.6 Å². The van der Waals surface area contributed by atoms with Crippen LogP contribution in [0.3, 0.4) is 0 Å². The van der Waals surface area contributed by atoms with Gasteiger partial charge in [0.2, 0.25) is 0 Å². The fourth-order valence-electron chi connectivity index (χ4n) is 3.36. The highest BCUT2D eigenvalue weighted by Crippen LogP contribution is 2.35. The van der Waals surface area contributed by atoms with Crippen LogP contribution in [0.25, 0.3) is 0 Å². The van der Waals surface area contributed by atoms with E-state index in [9.17, 15) is 0 Å². The van der Waals surface area contributed by atoms with E-state index >= 15 is 0 Å². The van der Waals surface area contributed by atoms with Crippen molar-refractivity contribution in [2.24, 2.45) is 11.7 Å². The van der Waals surface area contributed by atoms with E-state index in [-0.39, 0.29) is 12.1 Å². The quantitative estimate of drug-likeness (QED) is 0.908. The minimum Gasteiger partial charge on any atom is -0.326 e. The summed E-state index contributed by atoms with van der Waals surface area (Å²) in [6.07, 6.45) is 2.55. The summed E-state index contributed by atoms with van der Waals surface area (Å²) in [7, 11) is 0. The zero-order valence-corrected chi connectivity index (χ0v) is 12.9. The van der Waals surface area contributed by atoms with Crippen LogP contribution in [0.2, 0.25) is 5.02 Å². The Labute approximate surface area is 121 Å². The average molecular weight is 281 g/mol. The highest BCUT2D eigenvalue weighted by molar-refractivity contribution is 6.30. The van der Waals surface area contributed by atoms with E-state index in [2.05, 4.69) is 37.8 Å². The van der Waals surface area contributed by atoms with E-state index in [1.54, 1.807) is 0 Å². The lowest BCUT2D eigenvalue weighted by atomic mass is 9.95. The van der Waals surface area contributed by atoms with Crippen molar-refractivity contribution in [3.63, 3.8) is 0 Å². The second-order valence-corrected chi connectivity index (χ2v) is 6.49. The Hall–Kier alpha value is -0.570. The van der Waals surface area contributed by atoms with E-state index < -0.39 is 0 Å². The summed E-state index contributed by atoms with van der Waals surface area (Å²) in [5, 5.41) is 0.795. The normalized spacial score (nSPS) is 23.8. The molecule has 0 saturated carbocycles. The van der Waals surface area contributed by atoms with Crippen LogP contribution in [-0.4, -0.2) is 23.5 Å². The Morgan fingerprint density at radius 3 is 2.63 bits per heavy atom. The molecule has 1 heterocycles. The topological polar surface area (TPSA) is 29.3 Å². The third kappa shape index (κ3) is 3.31. The highest BCUT2D eigenvalue weighted by Gasteiger charge is 2.34. The highest BCUT2D eigenvalue weighted by atomic mass is 35.5. The number of rotatable bonds is 4. The summed E-state index contributed by atoms with van der Waals surface area (Å²) < 4.78 is 0. The van der Waals surface area contributed by atoms with Crippen LogP contribution in [-0.2, 0) is 0 Å². The fourth-order valence-corrected chi connectivity index (χ4v) is 3.56. The summed E-state index contributed by atoms with van der Waals surface area (Å²) in [5.41, 5.74) is 7.52. The van der Waals surface area contributed by atoms with E-state index in [4.69, 9.17) is 17.3 Å². The van der Waals surface area contributed by atoms with Gasteiger partial charge in [-0.15, -0.1) is 0 Å². The summed E-state index contributed by atoms with van der Waals surface area (Å²) >= 11 is 6.14. The first-order valence-electron chi connectivity index (χ1n) is 7.27. The SMILES string of the molecule is CC(C)C1CCCN1C(c1cccc(Cl)c1)C(C)N. The largest absolute Gasteiger partial charge is 0.326 e. The van der Waals surface area contributed by atoms with Gasteiger partial charge in [0, 0.05) is 23.1 Å². The third-order valence-electron chi connectivity index (χ3n) is 4.16. The molecule has 1 aliphatic rings. The molecule has 3 atom stereocenters. The Kier molecular flexibility index (Phi) is 4.88. The minimum absolute atomic E-state index is 0.109. The maximum absolute atomic E-state index is 6.28. The fraction of sp³-hybridized carbons (Fsp3) is 0.625. The lowest BCUT2D eigenvalue weighted by Crippen LogP contribution is -2.43. The van der Waals surface area contributed by atoms with Crippen molar-refractivity contribution >= 4 is 11.6 Å². The molecule has 0 aliphatic carbocycles. The molecule has 106 valence electrons. The van der Waals surface area contributed by atoms with Crippen molar-refractivity contribution in [3.05, 3.63) is 34.9 Å². The molecule has 3 heteroatoms. The van der Waals surface area contributed by atoms with E-state index in [0.717, 1.165) is 11.6 Å². The molecule has 1 aliphatic heterocycles. The Balaban J connectivity index is 2.30. The lowest BCUT2D eigenvalue weighted by Gasteiger charge is -2.37. The van der Waals surface area contributed by atoms with Gasteiger partial charge >= 0.3 is 0 Å². The molecule has 2 N–H and O–H groups in total. The second-order valence-electron chi connectivity index (χ2n) is 6.05. The van der Waals surface area contributed by atoms with Crippen LogP contribution in [0.1, 0.15) is 45.2 Å². The first-order chi connectivity index (χ1) is 9.00. The van der Waals surface area contributed by atoms with Gasteiger partial charge in [0.1, 0.15) is 0 Å². The van der Waals surface area contributed by atoms with Crippen molar-refractivity contribution in [1.82, 2.24) is 4.90 Å². The minimum atomic E-state index is 0.109. The predicted octanol–water partition coefficient (Wildman–Crippen LogP) is 3.85. The number of likely N-dealkylation sites (tertiary alicyclic amines) is 1. The molecule has 1 aromatic carbocycles. The first kappa shape index (κ1) is 14.8. The van der Waals surface area contributed by atoms with Gasteiger partial charge in [-0.25, -0.2) is 0 Å². The van der Waals surface area contributed by atoms with Crippen molar-refractivity contribution in [1.29, 1.82) is 0 Å². The molecule has 0 aromatic heterocycles. The molecule has 0 amide bonds. The molecule has 1 aromatic rings. The molecule has 1 fully saturated rings. The summed E-state index contributed by atoms with van der Waals surface area (Å²) in [6.45, 7) is 7.85. The summed E-state index contributed by atoms with van der Waals surface area (Å²) in [4.78, 5) is 2.58. The lowest BCUT2D eigenvalue weighted by molar-refractivity contribution is 0.130. The number of hydrogen-bond acceptors (Lipinski definition) is 2. The Morgan fingerprint density at radius 2 is 2.05 bits per heavy atom. The van der Waals surface area contributed by atoms with Gasteiger partial charge in [0.25, 0.3) is 0 Å². The van der Waals surface area contributed by atoms with Crippen molar-refractivity contribution in [3.8, 4) is 0 Å². The van der Waals surface area contributed by atoms with Crippen LogP contribution in [0.15, 0.2) is 24.3 Å². The molecule has 19 heavy (non-hydrogen) atoms. The maximum atomic E-state index is 6.28. The van der Waals surface area contributed by atoms with Crippen molar-refractivity contribution < 1.29 is 0 Å². The molecular weight excluding hydrogens is 256 g/mol. The number of hydrogen-bond donors (Lipinski definition) is 1. The number of halogens is 1. The summed E-state index contributed by atoms with van der Waals surface area (Å²) in [6, 6.07) is 9.17. The standard InChI is InChI=1S/C16H25ClN2/c1-11(2)15-8-5-9-19(15)16(12(3)18)13-6-4-7-14(17)10-13/h4,6-7,10-12,15-16H,5,8-9,18H2,1-3H3. The Bertz CT molecular complexity index is 417. The Morgan fingerprint density at radius 1 is 1.32 bits per heavy atom. The van der Waals surface area contributed by atoms with E-state index in [0.29, 0.717) is 12.0 Å². The van der Waals surface area contributed by atoms with Crippen LogP contribution in [0, 0.1) is 5.92 Å². The molecule has 0 bridgehead atoms. The zero-order chi connectivity index (χ0) is 14.0. The monoisotopic (exact) mass is 280 g/mol. The van der Waals surface area contributed by atoms with Crippen LogP contribution in [0.5, 0.6) is 0 Å². The van der Waals surface area contributed by atoms with E-state index in [1.165, 1.54) is 18.4 Å². The van der Waals surface area contributed by atoms with Crippen molar-refractivity contribution in [2.75, 3.05) is 6.54 Å². The number of nitrogens with zero attached hydrogens (tertiary/aromatic N) is 1. The van der Waals surface area contributed by atoms with Gasteiger partial charge in [-0.05, 0) is 49.9 Å². The van der Waals surface area contributed by atoms with Gasteiger partial charge in [0.05, 0.1) is 0 Å².